The Bertz CT molecular complexity index is 1060. The predicted molar refractivity (Wildman–Crippen MR) is 107 cm³/mol. The third-order valence-electron chi connectivity index (χ3n) is 4.93. The molecule has 0 fully saturated rings. The molecule has 1 amide bonds. The Labute approximate surface area is 168 Å². The number of aryl methyl sites for hydroxylation is 1. The quantitative estimate of drug-likeness (QED) is 0.689. The summed E-state index contributed by atoms with van der Waals surface area (Å²) in [5.41, 5.74) is 3.80. The molecule has 0 radical (unpaired) electrons. The van der Waals surface area contributed by atoms with Crippen molar-refractivity contribution in [3.63, 3.8) is 0 Å². The van der Waals surface area contributed by atoms with Gasteiger partial charge in [0, 0.05) is 12.6 Å². The van der Waals surface area contributed by atoms with Gasteiger partial charge in [-0.1, -0.05) is 22.9 Å². The highest BCUT2D eigenvalue weighted by Crippen LogP contribution is 2.39. The molecule has 0 saturated heterocycles. The van der Waals surface area contributed by atoms with Crippen LogP contribution in [0.25, 0.3) is 11.3 Å². The number of nitrogens with one attached hydrogen (secondary N) is 1. The van der Waals surface area contributed by atoms with Gasteiger partial charge in [-0.15, -0.1) is 0 Å². The monoisotopic (exact) mass is 394 g/mol. The molecule has 0 atom stereocenters. The van der Waals surface area contributed by atoms with Crippen molar-refractivity contribution in [2.75, 3.05) is 20.8 Å². The lowest BCUT2D eigenvalue weighted by molar-refractivity contribution is 0.0943. The van der Waals surface area contributed by atoms with E-state index in [1.807, 2.05) is 43.3 Å². The summed E-state index contributed by atoms with van der Waals surface area (Å²) in [5, 5.41) is 6.90. The summed E-state index contributed by atoms with van der Waals surface area (Å²) in [6.45, 7) is 2.68. The van der Waals surface area contributed by atoms with Crippen molar-refractivity contribution in [1.29, 1.82) is 0 Å². The molecule has 0 aliphatic carbocycles. The van der Waals surface area contributed by atoms with E-state index in [-0.39, 0.29) is 18.2 Å². The summed E-state index contributed by atoms with van der Waals surface area (Å²) in [7, 11) is 3.22. The standard InChI is InChI=1S/C22H22N2O5/c1-13-4-7-18-16(10-13)21-17(12-28-18)20(24-29-21)22(25)23-9-8-14-5-6-15(26-2)11-19(14)27-3/h4-7,10-11H,8-9,12H2,1-3H3,(H,23,25). The summed E-state index contributed by atoms with van der Waals surface area (Å²) in [6, 6.07) is 11.5. The van der Waals surface area contributed by atoms with Crippen LogP contribution >= 0.6 is 0 Å². The van der Waals surface area contributed by atoms with Crippen LogP contribution in [0.15, 0.2) is 40.9 Å². The number of carbonyl (C=O) groups is 1. The molecule has 1 aliphatic rings. The van der Waals surface area contributed by atoms with Crippen molar-refractivity contribution in [3.05, 3.63) is 58.8 Å². The van der Waals surface area contributed by atoms with E-state index >= 15 is 0 Å². The third-order valence-corrected chi connectivity index (χ3v) is 4.93. The van der Waals surface area contributed by atoms with E-state index in [1.165, 1.54) is 0 Å². The van der Waals surface area contributed by atoms with Crippen LogP contribution < -0.4 is 19.5 Å². The SMILES string of the molecule is COc1ccc(CCNC(=O)c2noc3c2COc2ccc(C)cc2-3)c(OC)c1. The molecule has 3 aromatic rings. The van der Waals surface area contributed by atoms with Crippen molar-refractivity contribution in [3.8, 4) is 28.6 Å². The van der Waals surface area contributed by atoms with Crippen molar-refractivity contribution in [1.82, 2.24) is 10.5 Å². The first-order chi connectivity index (χ1) is 14.1. The predicted octanol–water partition coefficient (Wildman–Crippen LogP) is 3.53. The van der Waals surface area contributed by atoms with Gasteiger partial charge in [-0.25, -0.2) is 0 Å². The second kappa shape index (κ2) is 7.87. The number of benzene rings is 2. The first kappa shape index (κ1) is 18.9. The van der Waals surface area contributed by atoms with Gasteiger partial charge in [0.15, 0.2) is 11.5 Å². The minimum absolute atomic E-state index is 0.254. The Kier molecular flexibility index (Phi) is 5.12. The topological polar surface area (TPSA) is 82.8 Å². The number of aromatic nitrogens is 1. The Morgan fingerprint density at radius 3 is 2.83 bits per heavy atom. The molecule has 0 spiro atoms. The summed E-state index contributed by atoms with van der Waals surface area (Å²) in [6.07, 6.45) is 0.609. The zero-order chi connectivity index (χ0) is 20.4. The van der Waals surface area contributed by atoms with Crippen molar-refractivity contribution in [2.24, 2.45) is 0 Å². The van der Waals surface area contributed by atoms with Gasteiger partial charge in [0.1, 0.15) is 23.9 Å². The highest BCUT2D eigenvalue weighted by atomic mass is 16.5. The number of ether oxygens (including phenoxy) is 3. The molecule has 29 heavy (non-hydrogen) atoms. The number of methoxy groups -OCH3 is 2. The average molecular weight is 394 g/mol. The second-order valence-corrected chi connectivity index (χ2v) is 6.81. The van der Waals surface area contributed by atoms with Gasteiger partial charge in [0.2, 0.25) is 0 Å². The number of rotatable bonds is 6. The normalized spacial score (nSPS) is 11.8. The Hall–Kier alpha value is -3.48. The van der Waals surface area contributed by atoms with Gasteiger partial charge in [-0.2, -0.15) is 0 Å². The molecule has 0 unspecified atom stereocenters. The fourth-order valence-corrected chi connectivity index (χ4v) is 3.38. The van der Waals surface area contributed by atoms with Crippen molar-refractivity contribution >= 4 is 5.91 Å². The maximum atomic E-state index is 12.7. The largest absolute Gasteiger partial charge is 0.497 e. The lowest BCUT2D eigenvalue weighted by atomic mass is 10.0. The summed E-state index contributed by atoms with van der Waals surface area (Å²) in [4.78, 5) is 12.7. The van der Waals surface area contributed by atoms with E-state index in [4.69, 9.17) is 18.7 Å². The van der Waals surface area contributed by atoms with Crippen LogP contribution in [0.4, 0.5) is 0 Å². The molecule has 2 aromatic carbocycles. The third kappa shape index (κ3) is 3.63. The Morgan fingerprint density at radius 1 is 1.17 bits per heavy atom. The lowest BCUT2D eigenvalue weighted by Crippen LogP contribution is -2.27. The van der Waals surface area contributed by atoms with E-state index in [1.54, 1.807) is 14.2 Å². The highest BCUT2D eigenvalue weighted by Gasteiger charge is 2.28. The van der Waals surface area contributed by atoms with Gasteiger partial charge >= 0.3 is 0 Å². The minimum atomic E-state index is -0.290. The van der Waals surface area contributed by atoms with Crippen LogP contribution in [-0.2, 0) is 13.0 Å². The smallest absolute Gasteiger partial charge is 0.273 e. The van der Waals surface area contributed by atoms with Gasteiger partial charge < -0.3 is 24.1 Å². The second-order valence-electron chi connectivity index (χ2n) is 6.81. The van der Waals surface area contributed by atoms with Gasteiger partial charge in [0.05, 0.1) is 25.3 Å². The zero-order valence-corrected chi connectivity index (χ0v) is 16.6. The fraction of sp³-hybridized carbons (Fsp3) is 0.273. The maximum Gasteiger partial charge on any atom is 0.273 e. The van der Waals surface area contributed by atoms with E-state index in [0.29, 0.717) is 24.3 Å². The molecular weight excluding hydrogens is 372 g/mol. The lowest BCUT2D eigenvalue weighted by Gasteiger charge is -2.16. The van der Waals surface area contributed by atoms with E-state index in [0.717, 1.165) is 33.9 Å². The zero-order valence-electron chi connectivity index (χ0n) is 16.6. The number of fused-ring (bicyclic) bond motifs is 3. The molecule has 1 N–H and O–H groups in total. The maximum absolute atomic E-state index is 12.7. The molecule has 7 nitrogen and oxygen atoms in total. The molecule has 0 saturated carbocycles. The Morgan fingerprint density at radius 2 is 2.03 bits per heavy atom. The fourth-order valence-electron chi connectivity index (χ4n) is 3.38. The number of nitrogens with zero attached hydrogens (tertiary/aromatic N) is 1. The molecule has 1 aromatic heterocycles. The van der Waals surface area contributed by atoms with Crippen LogP contribution in [0, 0.1) is 6.92 Å². The molecule has 2 heterocycles. The number of hydrogen-bond acceptors (Lipinski definition) is 6. The molecule has 4 rings (SSSR count). The first-order valence-electron chi connectivity index (χ1n) is 9.32. The molecule has 7 heteroatoms. The van der Waals surface area contributed by atoms with Gasteiger partial charge in [-0.05, 0) is 37.1 Å². The van der Waals surface area contributed by atoms with Crippen molar-refractivity contribution < 1.29 is 23.5 Å². The first-order valence-corrected chi connectivity index (χ1v) is 9.32. The number of carbonyl (C=O) groups excluding carboxylic acids is 1. The van der Waals surface area contributed by atoms with Gasteiger partial charge in [-0.3, -0.25) is 4.79 Å². The summed E-state index contributed by atoms with van der Waals surface area (Å²) in [5.74, 6) is 2.48. The summed E-state index contributed by atoms with van der Waals surface area (Å²) >= 11 is 0. The molecular formula is C22H22N2O5. The minimum Gasteiger partial charge on any atom is -0.497 e. The molecule has 150 valence electrons. The summed E-state index contributed by atoms with van der Waals surface area (Å²) < 4.78 is 21.9. The van der Waals surface area contributed by atoms with E-state index in [2.05, 4.69) is 10.5 Å². The van der Waals surface area contributed by atoms with Crippen LogP contribution in [0.2, 0.25) is 0 Å². The number of amides is 1. The van der Waals surface area contributed by atoms with Crippen LogP contribution in [0.5, 0.6) is 17.2 Å². The van der Waals surface area contributed by atoms with E-state index in [9.17, 15) is 4.79 Å². The highest BCUT2D eigenvalue weighted by molar-refractivity contribution is 5.95. The van der Waals surface area contributed by atoms with Crippen LogP contribution in [-0.4, -0.2) is 31.8 Å². The number of hydrogen-bond donors (Lipinski definition) is 1. The van der Waals surface area contributed by atoms with E-state index < -0.39 is 0 Å². The molecule has 1 aliphatic heterocycles. The van der Waals surface area contributed by atoms with Crippen molar-refractivity contribution in [2.45, 2.75) is 20.0 Å². The average Bonchev–Trinajstić information content (AvgIpc) is 3.18. The van der Waals surface area contributed by atoms with Gasteiger partial charge in [0.25, 0.3) is 5.91 Å². The van der Waals surface area contributed by atoms with Crippen LogP contribution in [0.3, 0.4) is 0 Å². The molecule has 0 bridgehead atoms. The van der Waals surface area contributed by atoms with Crippen LogP contribution in [0.1, 0.15) is 27.2 Å². The Balaban J connectivity index is 1.46.